The highest BCUT2D eigenvalue weighted by atomic mass is 15.1. The minimum atomic E-state index is 1.05. The zero-order chi connectivity index (χ0) is 13.1. The molecule has 1 aliphatic rings. The van der Waals surface area contributed by atoms with E-state index in [-0.39, 0.29) is 0 Å². The first kappa shape index (κ1) is 15.5. The first-order valence-corrected chi connectivity index (χ1v) is 7.63. The Morgan fingerprint density at radius 1 is 1.00 bits per heavy atom. The van der Waals surface area contributed by atoms with Gasteiger partial charge in [-0.2, -0.15) is 0 Å². The molecule has 0 spiro atoms. The van der Waals surface area contributed by atoms with E-state index in [0.717, 1.165) is 6.42 Å². The van der Waals surface area contributed by atoms with Crippen molar-refractivity contribution in [3.05, 3.63) is 0 Å². The lowest BCUT2D eigenvalue weighted by molar-refractivity contribution is 0.219. The van der Waals surface area contributed by atoms with E-state index >= 15 is 0 Å². The lowest BCUT2D eigenvalue weighted by Crippen LogP contribution is -2.31. The molecule has 0 aliphatic carbocycles. The van der Waals surface area contributed by atoms with Crippen molar-refractivity contribution in [1.29, 1.82) is 0 Å². The minimum Gasteiger partial charge on any atom is -0.306 e. The van der Waals surface area contributed by atoms with Gasteiger partial charge in [0, 0.05) is 6.42 Å². The number of nitrogens with zero attached hydrogens (tertiary/aromatic N) is 2. The maximum absolute atomic E-state index is 3.13. The van der Waals surface area contributed by atoms with Gasteiger partial charge in [0.2, 0.25) is 0 Å². The quantitative estimate of drug-likeness (QED) is 0.483. The molecule has 18 heavy (non-hydrogen) atoms. The highest BCUT2D eigenvalue weighted by Gasteiger charge is 2.08. The average Bonchev–Trinajstić information content (AvgIpc) is 2.41. The third-order valence-electron chi connectivity index (χ3n) is 3.73. The molecule has 0 saturated carbocycles. The number of likely N-dealkylation sites (tertiary alicyclic amines) is 1. The Hall–Kier alpha value is -0.520. The Morgan fingerprint density at radius 3 is 2.44 bits per heavy atom. The molecule has 1 heterocycles. The molecule has 0 aromatic rings. The molecule has 1 aliphatic heterocycles. The van der Waals surface area contributed by atoms with Gasteiger partial charge in [-0.05, 0) is 78.8 Å². The summed E-state index contributed by atoms with van der Waals surface area (Å²) in [6.07, 6.45) is 9.24. The van der Waals surface area contributed by atoms with Gasteiger partial charge in [-0.25, -0.2) is 0 Å². The second-order valence-electron chi connectivity index (χ2n) is 5.44. The van der Waals surface area contributed by atoms with E-state index < -0.39 is 0 Å². The monoisotopic (exact) mass is 250 g/mol. The zero-order valence-electron chi connectivity index (χ0n) is 12.4. The second kappa shape index (κ2) is 10.4. The van der Waals surface area contributed by atoms with Crippen LogP contribution in [0.3, 0.4) is 0 Å². The van der Waals surface area contributed by atoms with E-state index in [0.29, 0.717) is 0 Å². The summed E-state index contributed by atoms with van der Waals surface area (Å²) >= 11 is 0. The summed E-state index contributed by atoms with van der Waals surface area (Å²) < 4.78 is 0. The Balaban J connectivity index is 1.90. The molecule has 0 aromatic carbocycles. The topological polar surface area (TPSA) is 6.48 Å². The van der Waals surface area contributed by atoms with Crippen molar-refractivity contribution in [1.82, 2.24) is 9.80 Å². The third kappa shape index (κ3) is 7.74. The molecular weight excluding hydrogens is 220 g/mol. The van der Waals surface area contributed by atoms with Gasteiger partial charge in [0.25, 0.3) is 0 Å². The molecule has 2 nitrogen and oxygen atoms in total. The van der Waals surface area contributed by atoms with Crippen molar-refractivity contribution in [2.75, 3.05) is 39.8 Å². The van der Waals surface area contributed by atoms with Crippen LogP contribution < -0.4 is 0 Å². The van der Waals surface area contributed by atoms with Crippen LogP contribution in [-0.2, 0) is 0 Å². The molecule has 1 rings (SSSR count). The van der Waals surface area contributed by atoms with Gasteiger partial charge < -0.3 is 9.80 Å². The lowest BCUT2D eigenvalue weighted by atomic mass is 10.1. The van der Waals surface area contributed by atoms with Gasteiger partial charge in [-0.3, -0.25) is 0 Å². The van der Waals surface area contributed by atoms with E-state index in [9.17, 15) is 0 Å². The van der Waals surface area contributed by atoms with Crippen LogP contribution in [0.2, 0.25) is 0 Å². The Morgan fingerprint density at radius 2 is 1.72 bits per heavy atom. The molecule has 0 bridgehead atoms. The second-order valence-corrected chi connectivity index (χ2v) is 5.44. The molecule has 0 atom stereocenters. The van der Waals surface area contributed by atoms with Crippen molar-refractivity contribution in [3.8, 4) is 11.8 Å². The smallest absolute Gasteiger partial charge is 0.0101 e. The number of unbranched alkanes of at least 4 members (excludes halogenated alkanes) is 2. The summed E-state index contributed by atoms with van der Waals surface area (Å²) in [5, 5.41) is 0. The number of rotatable bonds is 8. The van der Waals surface area contributed by atoms with Crippen LogP contribution in [0.4, 0.5) is 0 Å². The van der Waals surface area contributed by atoms with Crippen LogP contribution in [0.5, 0.6) is 0 Å². The molecule has 0 amide bonds. The third-order valence-corrected chi connectivity index (χ3v) is 3.73. The molecule has 0 radical (unpaired) electrons. The Bertz CT molecular complexity index is 246. The van der Waals surface area contributed by atoms with Gasteiger partial charge in [-0.1, -0.05) is 6.42 Å². The zero-order valence-corrected chi connectivity index (χ0v) is 12.4. The van der Waals surface area contributed by atoms with Gasteiger partial charge in [0.05, 0.1) is 0 Å². The Kier molecular flexibility index (Phi) is 8.98. The summed E-state index contributed by atoms with van der Waals surface area (Å²) in [5.74, 6) is 6.09. The van der Waals surface area contributed by atoms with Crippen molar-refractivity contribution in [2.45, 2.75) is 51.9 Å². The highest BCUT2D eigenvalue weighted by Crippen LogP contribution is 2.09. The van der Waals surface area contributed by atoms with Crippen molar-refractivity contribution < 1.29 is 0 Å². The van der Waals surface area contributed by atoms with E-state index in [2.05, 4.69) is 28.7 Å². The first-order chi connectivity index (χ1) is 8.83. The highest BCUT2D eigenvalue weighted by molar-refractivity contribution is 4.94. The summed E-state index contributed by atoms with van der Waals surface area (Å²) in [6, 6.07) is 0. The molecule has 104 valence electrons. The normalized spacial score (nSPS) is 16.6. The molecule has 0 aromatic heterocycles. The van der Waals surface area contributed by atoms with Crippen molar-refractivity contribution in [3.63, 3.8) is 0 Å². The number of piperidine rings is 1. The van der Waals surface area contributed by atoms with Crippen LogP contribution in [0.15, 0.2) is 0 Å². The molecule has 1 saturated heterocycles. The summed E-state index contributed by atoms with van der Waals surface area (Å²) in [5.41, 5.74) is 0. The minimum absolute atomic E-state index is 1.05. The van der Waals surface area contributed by atoms with Gasteiger partial charge in [0.1, 0.15) is 0 Å². The maximum atomic E-state index is 3.13. The van der Waals surface area contributed by atoms with E-state index in [1.54, 1.807) is 0 Å². The van der Waals surface area contributed by atoms with Gasteiger partial charge >= 0.3 is 0 Å². The maximum Gasteiger partial charge on any atom is 0.0101 e. The molecule has 2 heteroatoms. The summed E-state index contributed by atoms with van der Waals surface area (Å²) in [7, 11) is 2.24. The lowest BCUT2D eigenvalue weighted by Gasteiger charge is -2.26. The van der Waals surface area contributed by atoms with Crippen LogP contribution in [-0.4, -0.2) is 49.6 Å². The van der Waals surface area contributed by atoms with E-state index in [1.165, 1.54) is 71.2 Å². The molecule has 1 fully saturated rings. The number of hydrogen-bond acceptors (Lipinski definition) is 2. The fourth-order valence-electron chi connectivity index (χ4n) is 2.57. The summed E-state index contributed by atoms with van der Waals surface area (Å²) in [4.78, 5) is 5.09. The first-order valence-electron chi connectivity index (χ1n) is 7.63. The molecule has 0 unspecified atom stereocenters. The largest absolute Gasteiger partial charge is 0.306 e. The average molecular weight is 250 g/mol. The van der Waals surface area contributed by atoms with Crippen molar-refractivity contribution >= 4 is 0 Å². The fraction of sp³-hybridized carbons (Fsp3) is 0.875. The van der Waals surface area contributed by atoms with E-state index in [1.807, 2.05) is 6.92 Å². The molecular formula is C16H30N2. The summed E-state index contributed by atoms with van der Waals surface area (Å²) in [6.45, 7) is 8.35. The van der Waals surface area contributed by atoms with Gasteiger partial charge in [0.15, 0.2) is 0 Å². The Labute approximate surface area is 114 Å². The molecule has 0 N–H and O–H groups in total. The van der Waals surface area contributed by atoms with E-state index in [4.69, 9.17) is 0 Å². The standard InChI is InChI=1S/C16H30N2/c1-3-4-5-7-12-17(2)13-10-11-16-18-14-8-6-9-15-18/h5-16H2,1-2H3. The SMILES string of the molecule is CC#CCCCN(C)CCCCN1CCCCC1. The fourth-order valence-corrected chi connectivity index (χ4v) is 2.57. The van der Waals surface area contributed by atoms with Crippen molar-refractivity contribution in [2.24, 2.45) is 0 Å². The number of hydrogen-bond donors (Lipinski definition) is 0. The van der Waals surface area contributed by atoms with Crippen LogP contribution in [0, 0.1) is 11.8 Å². The van der Waals surface area contributed by atoms with Gasteiger partial charge in [-0.15, -0.1) is 11.8 Å². The predicted octanol–water partition coefficient (Wildman–Crippen LogP) is 2.99. The van der Waals surface area contributed by atoms with Crippen LogP contribution >= 0.6 is 0 Å². The predicted molar refractivity (Wildman–Crippen MR) is 79.7 cm³/mol. The van der Waals surface area contributed by atoms with Crippen LogP contribution in [0.25, 0.3) is 0 Å². The van der Waals surface area contributed by atoms with Crippen LogP contribution in [0.1, 0.15) is 51.9 Å².